The van der Waals surface area contributed by atoms with Crippen molar-refractivity contribution in [3.8, 4) is 0 Å². The summed E-state index contributed by atoms with van der Waals surface area (Å²) in [6, 6.07) is 20.7. The zero-order chi connectivity index (χ0) is 29.9. The second-order valence-electron chi connectivity index (χ2n) is 11.2. The van der Waals surface area contributed by atoms with Gasteiger partial charge in [-0.25, -0.2) is 4.39 Å². The highest BCUT2D eigenvalue weighted by molar-refractivity contribution is 6.30. The minimum absolute atomic E-state index is 0.0450. The molecule has 10 heteroatoms. The fourth-order valence-corrected chi connectivity index (χ4v) is 6.18. The molecule has 2 amide bonds. The standard InChI is InChI=1S/C32H34ClF3N4O2/c1-39(31(42)28-7-2-3-8-29(28)37-24-6-4-5-22(15-24)32(35,36)20-34)19-30(41)38-25-16-26-13-14-27(17-25)40(26)18-21-9-11-23(33)12-10-21/h2-12,15,25-27,37H,13-14,16-20H2,1H3,(H,38,41)/t25?,26-,27+. The quantitative estimate of drug-likeness (QED) is 0.279. The van der Waals surface area contributed by atoms with E-state index in [1.807, 2.05) is 12.1 Å². The number of halogens is 4. The lowest BCUT2D eigenvalue weighted by atomic mass is 9.96. The van der Waals surface area contributed by atoms with Crippen LogP contribution in [0.1, 0.15) is 47.2 Å². The van der Waals surface area contributed by atoms with Crippen LogP contribution in [-0.2, 0) is 17.3 Å². The maximum atomic E-state index is 13.9. The van der Waals surface area contributed by atoms with Crippen molar-refractivity contribution in [2.24, 2.45) is 0 Å². The van der Waals surface area contributed by atoms with Crippen molar-refractivity contribution in [1.29, 1.82) is 0 Å². The first-order valence-electron chi connectivity index (χ1n) is 14.1. The van der Waals surface area contributed by atoms with Gasteiger partial charge in [-0.1, -0.05) is 48.0 Å². The zero-order valence-corrected chi connectivity index (χ0v) is 24.1. The van der Waals surface area contributed by atoms with Crippen molar-refractivity contribution >= 4 is 34.8 Å². The van der Waals surface area contributed by atoms with Gasteiger partial charge >= 0.3 is 5.92 Å². The highest BCUT2D eigenvalue weighted by Gasteiger charge is 2.41. The number of rotatable bonds is 10. The first-order valence-corrected chi connectivity index (χ1v) is 14.5. The molecule has 0 saturated carbocycles. The number of para-hydroxylation sites is 1. The van der Waals surface area contributed by atoms with E-state index in [2.05, 4.69) is 27.7 Å². The Morgan fingerprint density at radius 1 is 1.00 bits per heavy atom. The normalized spacial score (nSPS) is 20.3. The largest absolute Gasteiger partial charge is 0.355 e. The van der Waals surface area contributed by atoms with Crippen LogP contribution in [0.15, 0.2) is 72.8 Å². The van der Waals surface area contributed by atoms with E-state index in [1.165, 1.54) is 16.5 Å². The lowest BCUT2D eigenvalue weighted by molar-refractivity contribution is -0.122. The molecule has 1 unspecified atom stereocenters. The molecule has 2 bridgehead atoms. The summed E-state index contributed by atoms with van der Waals surface area (Å²) in [4.78, 5) is 30.2. The molecule has 2 aliphatic heterocycles. The maximum absolute atomic E-state index is 13.9. The second-order valence-corrected chi connectivity index (χ2v) is 11.6. The summed E-state index contributed by atoms with van der Waals surface area (Å²) in [5.41, 5.74) is 1.72. The SMILES string of the molecule is CN(CC(=O)NC1C[C@H]2CC[C@@H](C1)N2Cc1ccc(Cl)cc1)C(=O)c1ccccc1Nc1cccc(C(F)(F)CF)c1. The number of anilines is 2. The highest BCUT2D eigenvalue weighted by atomic mass is 35.5. The Morgan fingerprint density at radius 2 is 1.69 bits per heavy atom. The molecule has 2 heterocycles. The Hall–Kier alpha value is -3.56. The molecular formula is C32H34ClF3N4O2. The Morgan fingerprint density at radius 3 is 2.38 bits per heavy atom. The Balaban J connectivity index is 1.17. The molecule has 0 spiro atoms. The topological polar surface area (TPSA) is 64.7 Å². The van der Waals surface area contributed by atoms with Crippen molar-refractivity contribution in [3.05, 3.63) is 94.5 Å². The van der Waals surface area contributed by atoms with Crippen LogP contribution in [0.2, 0.25) is 5.02 Å². The summed E-state index contributed by atoms with van der Waals surface area (Å²) < 4.78 is 40.5. The van der Waals surface area contributed by atoms with Gasteiger partial charge in [-0.3, -0.25) is 14.5 Å². The number of alkyl halides is 3. The van der Waals surface area contributed by atoms with Crippen molar-refractivity contribution in [2.45, 2.75) is 56.3 Å². The van der Waals surface area contributed by atoms with Crippen LogP contribution in [-0.4, -0.2) is 60.0 Å². The van der Waals surface area contributed by atoms with Crippen LogP contribution >= 0.6 is 11.6 Å². The predicted octanol–water partition coefficient (Wildman–Crippen LogP) is 6.53. The molecule has 222 valence electrons. The average Bonchev–Trinajstić information content (AvgIpc) is 3.20. The molecule has 42 heavy (non-hydrogen) atoms. The van der Waals surface area contributed by atoms with Gasteiger partial charge in [-0.05, 0) is 67.6 Å². The number of amides is 2. The van der Waals surface area contributed by atoms with Gasteiger partial charge in [0.15, 0.2) is 6.67 Å². The van der Waals surface area contributed by atoms with E-state index in [1.54, 1.807) is 37.4 Å². The van der Waals surface area contributed by atoms with Crippen molar-refractivity contribution in [2.75, 3.05) is 25.6 Å². The van der Waals surface area contributed by atoms with E-state index >= 15 is 0 Å². The molecule has 5 rings (SSSR count). The third kappa shape index (κ3) is 6.90. The van der Waals surface area contributed by atoms with Gasteiger partial charge in [0, 0.05) is 48.0 Å². The van der Waals surface area contributed by atoms with Crippen molar-refractivity contribution in [3.63, 3.8) is 0 Å². The average molecular weight is 599 g/mol. The Kier molecular flexibility index (Phi) is 9.08. The summed E-state index contributed by atoms with van der Waals surface area (Å²) in [6.07, 6.45) is 3.92. The van der Waals surface area contributed by atoms with Gasteiger partial charge in [-0.2, -0.15) is 8.78 Å². The highest BCUT2D eigenvalue weighted by Crippen LogP contribution is 2.37. The van der Waals surface area contributed by atoms with Crippen LogP contribution in [0.25, 0.3) is 0 Å². The molecule has 2 N–H and O–H groups in total. The van der Waals surface area contributed by atoms with E-state index in [4.69, 9.17) is 11.6 Å². The number of hydrogen-bond donors (Lipinski definition) is 2. The lowest BCUT2D eigenvalue weighted by Crippen LogP contribution is -2.51. The fraction of sp³-hybridized carbons (Fsp3) is 0.375. The summed E-state index contributed by atoms with van der Waals surface area (Å²) in [7, 11) is 1.56. The molecule has 2 fully saturated rings. The van der Waals surface area contributed by atoms with Gasteiger partial charge in [0.2, 0.25) is 5.91 Å². The van der Waals surface area contributed by atoms with Gasteiger partial charge in [-0.15, -0.1) is 0 Å². The van der Waals surface area contributed by atoms with Crippen LogP contribution < -0.4 is 10.6 Å². The molecule has 3 aromatic carbocycles. The van der Waals surface area contributed by atoms with E-state index in [9.17, 15) is 22.8 Å². The summed E-state index contributed by atoms with van der Waals surface area (Å²) in [6.45, 7) is -1.06. The number of nitrogens with zero attached hydrogens (tertiary/aromatic N) is 2. The van der Waals surface area contributed by atoms with E-state index in [-0.39, 0.29) is 24.1 Å². The number of carbonyl (C=O) groups is 2. The molecule has 2 aliphatic rings. The molecule has 0 aliphatic carbocycles. The number of piperidine rings is 1. The molecule has 0 radical (unpaired) electrons. The third-order valence-electron chi connectivity index (χ3n) is 8.14. The first kappa shape index (κ1) is 29.9. The minimum Gasteiger partial charge on any atom is -0.355 e. The van der Waals surface area contributed by atoms with Crippen molar-refractivity contribution in [1.82, 2.24) is 15.1 Å². The number of likely N-dealkylation sites (N-methyl/N-ethyl adjacent to an activating group) is 1. The van der Waals surface area contributed by atoms with Gasteiger partial charge in [0.25, 0.3) is 5.91 Å². The van der Waals surface area contributed by atoms with Crippen molar-refractivity contribution < 1.29 is 22.8 Å². The number of fused-ring (bicyclic) bond motifs is 2. The predicted molar refractivity (Wildman–Crippen MR) is 158 cm³/mol. The molecule has 3 atom stereocenters. The monoisotopic (exact) mass is 598 g/mol. The number of benzene rings is 3. The molecule has 2 saturated heterocycles. The van der Waals surface area contributed by atoms with E-state index < -0.39 is 24.1 Å². The third-order valence-corrected chi connectivity index (χ3v) is 8.40. The maximum Gasteiger partial charge on any atom is 0.301 e. The van der Waals surface area contributed by atoms with Crippen LogP contribution in [0, 0.1) is 0 Å². The number of hydrogen-bond acceptors (Lipinski definition) is 4. The van der Waals surface area contributed by atoms with Gasteiger partial charge in [0.05, 0.1) is 17.8 Å². The van der Waals surface area contributed by atoms with Gasteiger partial charge < -0.3 is 15.5 Å². The number of carbonyl (C=O) groups excluding carboxylic acids is 2. The number of nitrogens with one attached hydrogen (secondary N) is 2. The first-order chi connectivity index (χ1) is 20.1. The lowest BCUT2D eigenvalue weighted by Gasteiger charge is -2.39. The summed E-state index contributed by atoms with van der Waals surface area (Å²) in [5, 5.41) is 6.85. The minimum atomic E-state index is -3.60. The van der Waals surface area contributed by atoms with Crippen LogP contribution in [0.3, 0.4) is 0 Å². The zero-order valence-electron chi connectivity index (χ0n) is 23.3. The molecule has 3 aromatic rings. The van der Waals surface area contributed by atoms with Crippen LogP contribution in [0.4, 0.5) is 24.5 Å². The van der Waals surface area contributed by atoms with E-state index in [0.717, 1.165) is 49.4 Å². The molecule has 0 aromatic heterocycles. The molecule has 6 nitrogen and oxygen atoms in total. The fourth-order valence-electron chi connectivity index (χ4n) is 6.05. The van der Waals surface area contributed by atoms with Crippen LogP contribution in [0.5, 0.6) is 0 Å². The van der Waals surface area contributed by atoms with Gasteiger partial charge in [0.1, 0.15) is 0 Å². The Labute approximate surface area is 248 Å². The van der Waals surface area contributed by atoms with E-state index in [0.29, 0.717) is 23.5 Å². The Bertz CT molecular complexity index is 1410. The molecular weight excluding hydrogens is 565 g/mol. The summed E-state index contributed by atoms with van der Waals surface area (Å²) in [5.74, 6) is -4.22. The summed E-state index contributed by atoms with van der Waals surface area (Å²) >= 11 is 6.03. The second kappa shape index (κ2) is 12.8. The smallest absolute Gasteiger partial charge is 0.301 e.